The van der Waals surface area contributed by atoms with E-state index in [0.29, 0.717) is 48.9 Å². The Bertz CT molecular complexity index is 1400. The number of aliphatic imine (C=N–C) groups is 2. The predicted molar refractivity (Wildman–Crippen MR) is 193 cm³/mol. The molecule has 0 atom stereocenters. The standard InChI is InChI=1S/C40H48N2O6/c43-39-29-37(47-27-13-3-1-11-25-45-35-15-7-5-8-16-35)21-19-33(39)31-41-23-24-42-32-34-20-22-38(30-40(34)44)48-28-14-4-2-12-26-46-36-17-9-6-10-18-36/h5-10,15-22,29-32,43-44H,1-4,11-14,23-28H2. The Hall–Kier alpha value is -4.98. The van der Waals surface area contributed by atoms with Crippen molar-refractivity contribution in [3.05, 3.63) is 108 Å². The average Bonchev–Trinajstić information content (AvgIpc) is 3.11. The molecule has 0 bridgehead atoms. The summed E-state index contributed by atoms with van der Waals surface area (Å²) in [5.74, 6) is 3.34. The van der Waals surface area contributed by atoms with Gasteiger partial charge >= 0.3 is 0 Å². The van der Waals surface area contributed by atoms with Gasteiger partial charge in [0, 0.05) is 35.7 Å². The molecule has 4 aromatic carbocycles. The number of nitrogens with zero attached hydrogens (tertiary/aromatic N) is 2. The molecule has 0 spiro atoms. The van der Waals surface area contributed by atoms with Gasteiger partial charge in [-0.3, -0.25) is 9.98 Å². The fraction of sp³-hybridized carbons (Fsp3) is 0.350. The van der Waals surface area contributed by atoms with Crippen LogP contribution >= 0.6 is 0 Å². The molecule has 0 heterocycles. The molecule has 0 aromatic heterocycles. The van der Waals surface area contributed by atoms with Gasteiger partial charge in [0.1, 0.15) is 34.5 Å². The first-order valence-corrected chi connectivity index (χ1v) is 16.9. The van der Waals surface area contributed by atoms with E-state index in [0.717, 1.165) is 76.1 Å². The van der Waals surface area contributed by atoms with Gasteiger partial charge in [-0.05, 0) is 99.9 Å². The Morgan fingerprint density at radius 3 is 1.12 bits per heavy atom. The molecule has 254 valence electrons. The molecule has 0 aliphatic heterocycles. The Balaban J connectivity index is 1.03. The van der Waals surface area contributed by atoms with Crippen LogP contribution in [0.3, 0.4) is 0 Å². The maximum Gasteiger partial charge on any atom is 0.128 e. The van der Waals surface area contributed by atoms with Crippen LogP contribution in [0.1, 0.15) is 62.5 Å². The van der Waals surface area contributed by atoms with Crippen LogP contribution in [0.15, 0.2) is 107 Å². The molecule has 0 saturated heterocycles. The lowest BCUT2D eigenvalue weighted by molar-refractivity contribution is 0.287. The number of unbranched alkanes of at least 4 members (excludes halogenated alkanes) is 6. The van der Waals surface area contributed by atoms with Gasteiger partial charge in [-0.1, -0.05) is 36.4 Å². The number of hydrogen-bond donors (Lipinski definition) is 2. The van der Waals surface area contributed by atoms with Crippen molar-refractivity contribution in [2.45, 2.75) is 51.4 Å². The molecular formula is C40H48N2O6. The summed E-state index contributed by atoms with van der Waals surface area (Å²) in [6, 6.07) is 30.2. The lowest BCUT2D eigenvalue weighted by Crippen LogP contribution is -2.00. The van der Waals surface area contributed by atoms with E-state index in [2.05, 4.69) is 9.98 Å². The highest BCUT2D eigenvalue weighted by atomic mass is 16.5. The smallest absolute Gasteiger partial charge is 0.128 e. The topological polar surface area (TPSA) is 102 Å². The highest BCUT2D eigenvalue weighted by Gasteiger charge is 2.04. The van der Waals surface area contributed by atoms with Crippen molar-refractivity contribution in [2.24, 2.45) is 9.98 Å². The number of para-hydroxylation sites is 2. The van der Waals surface area contributed by atoms with Crippen LogP contribution in [-0.4, -0.2) is 62.2 Å². The Kier molecular flexibility index (Phi) is 16.2. The lowest BCUT2D eigenvalue weighted by Gasteiger charge is -2.08. The van der Waals surface area contributed by atoms with Crippen LogP contribution in [0.2, 0.25) is 0 Å². The van der Waals surface area contributed by atoms with Gasteiger partial charge < -0.3 is 29.2 Å². The number of benzene rings is 4. The number of hydrogen-bond acceptors (Lipinski definition) is 8. The summed E-state index contributed by atoms with van der Waals surface area (Å²) in [6.07, 6.45) is 11.5. The first-order chi connectivity index (χ1) is 23.7. The van der Waals surface area contributed by atoms with Gasteiger partial charge in [0.25, 0.3) is 0 Å². The number of ether oxygens (including phenoxy) is 4. The molecular weight excluding hydrogens is 604 g/mol. The normalized spacial score (nSPS) is 11.2. The fourth-order valence-corrected chi connectivity index (χ4v) is 4.80. The van der Waals surface area contributed by atoms with Crippen LogP contribution in [0.5, 0.6) is 34.5 Å². The lowest BCUT2D eigenvalue weighted by atomic mass is 10.2. The largest absolute Gasteiger partial charge is 0.507 e. The summed E-state index contributed by atoms with van der Waals surface area (Å²) in [4.78, 5) is 8.74. The van der Waals surface area contributed by atoms with E-state index in [1.165, 1.54) is 0 Å². The predicted octanol–water partition coefficient (Wildman–Crippen LogP) is 8.67. The van der Waals surface area contributed by atoms with E-state index in [9.17, 15) is 10.2 Å². The van der Waals surface area contributed by atoms with Gasteiger partial charge in [0.05, 0.1) is 39.5 Å². The molecule has 48 heavy (non-hydrogen) atoms. The quantitative estimate of drug-likeness (QED) is 0.0614. The molecule has 4 aromatic rings. The summed E-state index contributed by atoms with van der Waals surface area (Å²) in [7, 11) is 0. The molecule has 0 fully saturated rings. The van der Waals surface area contributed by atoms with E-state index in [-0.39, 0.29) is 11.5 Å². The van der Waals surface area contributed by atoms with Crippen molar-refractivity contribution in [3.63, 3.8) is 0 Å². The number of phenols is 2. The Morgan fingerprint density at radius 2 is 0.771 bits per heavy atom. The third kappa shape index (κ3) is 14.2. The second-order valence-electron chi connectivity index (χ2n) is 11.4. The van der Waals surface area contributed by atoms with Gasteiger partial charge in [-0.2, -0.15) is 0 Å². The van der Waals surface area contributed by atoms with Crippen molar-refractivity contribution in [2.75, 3.05) is 39.5 Å². The summed E-state index contributed by atoms with van der Waals surface area (Å²) in [5.41, 5.74) is 1.24. The Morgan fingerprint density at radius 1 is 0.417 bits per heavy atom. The molecule has 0 unspecified atom stereocenters. The monoisotopic (exact) mass is 652 g/mol. The highest BCUT2D eigenvalue weighted by Crippen LogP contribution is 2.24. The molecule has 4 rings (SSSR count). The zero-order chi connectivity index (χ0) is 33.5. The fourth-order valence-electron chi connectivity index (χ4n) is 4.80. The molecule has 8 heteroatoms. The first kappa shape index (κ1) is 35.9. The zero-order valence-electron chi connectivity index (χ0n) is 27.7. The molecule has 0 radical (unpaired) electrons. The summed E-state index contributed by atoms with van der Waals surface area (Å²) in [6.45, 7) is 3.53. The maximum atomic E-state index is 10.4. The van der Waals surface area contributed by atoms with Crippen molar-refractivity contribution >= 4 is 12.4 Å². The van der Waals surface area contributed by atoms with Crippen molar-refractivity contribution in [1.82, 2.24) is 0 Å². The van der Waals surface area contributed by atoms with E-state index in [1.54, 1.807) is 36.7 Å². The number of aromatic hydroxyl groups is 2. The van der Waals surface area contributed by atoms with Crippen molar-refractivity contribution < 1.29 is 29.2 Å². The van der Waals surface area contributed by atoms with E-state index in [1.807, 2.05) is 72.8 Å². The van der Waals surface area contributed by atoms with Crippen LogP contribution in [0.25, 0.3) is 0 Å². The molecule has 0 amide bonds. The highest BCUT2D eigenvalue weighted by molar-refractivity contribution is 5.84. The number of phenolic OH excluding ortho intramolecular Hbond substituents is 2. The average molecular weight is 653 g/mol. The van der Waals surface area contributed by atoms with E-state index >= 15 is 0 Å². The minimum absolute atomic E-state index is 0.124. The van der Waals surface area contributed by atoms with Gasteiger partial charge in [0.15, 0.2) is 0 Å². The summed E-state index contributed by atoms with van der Waals surface area (Å²) < 4.78 is 23.0. The molecule has 8 nitrogen and oxygen atoms in total. The van der Waals surface area contributed by atoms with Gasteiger partial charge in [-0.25, -0.2) is 0 Å². The third-order valence-electron chi connectivity index (χ3n) is 7.46. The summed E-state index contributed by atoms with van der Waals surface area (Å²) in [5, 5.41) is 20.8. The van der Waals surface area contributed by atoms with Crippen molar-refractivity contribution in [1.29, 1.82) is 0 Å². The minimum Gasteiger partial charge on any atom is -0.507 e. The minimum atomic E-state index is 0.124. The Labute approximate surface area is 284 Å². The SMILES string of the molecule is Oc1cc(OCCCCCCOc2ccccc2)ccc1C=NCCN=Cc1ccc(OCCCCCCOc2ccccc2)cc1O. The van der Waals surface area contributed by atoms with Crippen LogP contribution in [-0.2, 0) is 0 Å². The maximum absolute atomic E-state index is 10.4. The third-order valence-corrected chi connectivity index (χ3v) is 7.46. The van der Waals surface area contributed by atoms with Gasteiger partial charge in [-0.15, -0.1) is 0 Å². The first-order valence-electron chi connectivity index (χ1n) is 16.9. The van der Waals surface area contributed by atoms with Crippen molar-refractivity contribution in [3.8, 4) is 34.5 Å². The second kappa shape index (κ2) is 21.7. The van der Waals surface area contributed by atoms with Crippen LogP contribution < -0.4 is 18.9 Å². The molecule has 0 saturated carbocycles. The molecule has 0 aliphatic rings. The van der Waals surface area contributed by atoms with Gasteiger partial charge in [0.2, 0.25) is 0 Å². The number of rotatable bonds is 23. The second-order valence-corrected chi connectivity index (χ2v) is 11.4. The molecule has 2 N–H and O–H groups in total. The van der Waals surface area contributed by atoms with Crippen LogP contribution in [0.4, 0.5) is 0 Å². The van der Waals surface area contributed by atoms with E-state index in [4.69, 9.17) is 18.9 Å². The summed E-state index contributed by atoms with van der Waals surface area (Å²) >= 11 is 0. The molecule has 0 aliphatic carbocycles. The van der Waals surface area contributed by atoms with E-state index < -0.39 is 0 Å². The van der Waals surface area contributed by atoms with Crippen LogP contribution in [0, 0.1) is 0 Å². The zero-order valence-corrected chi connectivity index (χ0v) is 27.7.